The summed E-state index contributed by atoms with van der Waals surface area (Å²) in [4.78, 5) is 19.0. The molecular formula is C40H67N9O12S5. The number of Topliss-reactive ketones (excluding diaryl/α,β-unsaturated/α-hetero) is 1. The summed E-state index contributed by atoms with van der Waals surface area (Å²) in [6, 6.07) is 5.90. The molecular weight excluding hydrogens is 959 g/mol. The van der Waals surface area contributed by atoms with Crippen LogP contribution in [0.2, 0.25) is 0 Å². The second-order valence-electron chi connectivity index (χ2n) is 16.2. The number of hydrogen-bond acceptors (Lipinski definition) is 16. The molecule has 0 amide bonds. The van der Waals surface area contributed by atoms with E-state index in [0.717, 1.165) is 5.69 Å². The molecule has 0 aliphatic carbocycles. The van der Waals surface area contributed by atoms with Crippen molar-refractivity contribution in [3.8, 4) is 0 Å². The fourth-order valence-electron chi connectivity index (χ4n) is 5.18. The molecule has 374 valence electrons. The Morgan fingerprint density at radius 2 is 1.02 bits per heavy atom. The first-order chi connectivity index (χ1) is 30.0. The van der Waals surface area contributed by atoms with E-state index in [1.807, 2.05) is 0 Å². The summed E-state index contributed by atoms with van der Waals surface area (Å²) < 4.78 is 124. The highest BCUT2D eigenvalue weighted by molar-refractivity contribution is 7.93. The van der Waals surface area contributed by atoms with Crippen LogP contribution in [0.4, 0.5) is 0 Å². The summed E-state index contributed by atoms with van der Waals surface area (Å²) in [5.41, 5.74) is 0.920. The van der Waals surface area contributed by atoms with Crippen LogP contribution in [-0.4, -0.2) is 129 Å². The lowest BCUT2D eigenvalue weighted by Crippen LogP contribution is -2.19. The maximum atomic E-state index is 11.9. The highest BCUT2D eigenvalue weighted by Crippen LogP contribution is 2.20. The number of aliphatic hydroxyl groups is 1. The van der Waals surface area contributed by atoms with Crippen molar-refractivity contribution in [2.45, 2.75) is 135 Å². The molecule has 0 bridgehead atoms. The molecule has 5 aromatic rings. The van der Waals surface area contributed by atoms with Gasteiger partial charge < -0.3 is 18.8 Å². The Labute approximate surface area is 390 Å². The van der Waals surface area contributed by atoms with Gasteiger partial charge in [0.05, 0.1) is 50.0 Å². The molecule has 26 heteroatoms. The minimum atomic E-state index is -3.40. The average molecular weight is 1030 g/mol. The summed E-state index contributed by atoms with van der Waals surface area (Å²) in [5.74, 6) is 0.215. The molecule has 1 N–H and O–H groups in total. The van der Waals surface area contributed by atoms with Gasteiger partial charge in [0.2, 0.25) is 20.8 Å². The van der Waals surface area contributed by atoms with Crippen LogP contribution in [-0.2, 0) is 84.4 Å². The molecule has 0 aromatic carbocycles. The van der Waals surface area contributed by atoms with Crippen molar-refractivity contribution in [3.63, 3.8) is 0 Å². The lowest BCUT2D eigenvalue weighted by atomic mass is 10.3. The zero-order valence-corrected chi connectivity index (χ0v) is 44.8. The van der Waals surface area contributed by atoms with Crippen LogP contribution in [0.1, 0.15) is 91.2 Å². The smallest absolute Gasteiger partial charge is 0.227 e. The van der Waals surface area contributed by atoms with Gasteiger partial charge in [-0.2, -0.15) is 10.2 Å². The first kappa shape index (κ1) is 59.5. The van der Waals surface area contributed by atoms with Gasteiger partial charge in [0.1, 0.15) is 17.5 Å². The zero-order chi connectivity index (χ0) is 51.7. The van der Waals surface area contributed by atoms with E-state index in [9.17, 15) is 46.9 Å². The van der Waals surface area contributed by atoms with Gasteiger partial charge in [-0.1, -0.05) is 0 Å². The number of imidazole rings is 2. The van der Waals surface area contributed by atoms with E-state index in [2.05, 4.69) is 20.2 Å². The highest BCUT2D eigenvalue weighted by Gasteiger charge is 2.27. The third-order valence-corrected chi connectivity index (χ3v) is 20.7. The number of hydrogen-bond donors (Lipinski definition) is 1. The average Bonchev–Trinajstić information content (AvgIpc) is 4.06. The fourth-order valence-corrected chi connectivity index (χ4v) is 11.1. The number of aryl methyl sites for hydroxylation is 5. The molecule has 5 aromatic heterocycles. The summed E-state index contributed by atoms with van der Waals surface area (Å²) in [7, 11) is -8.01. The SMILES string of the molecule is CC(C)S(=O)(=O)c1ccc(C(=O)CO)n1C.CC(C)S(=O)(=O)c1ccnn1C.CC(C)S(=O)(=O)c1nccn1C.Cc1cc(S(=O)(=O)C(C)C)n(C)n1.Cc1ncc(S(=O)(=O)C(C)C)n1C. The maximum absolute atomic E-state index is 11.9. The molecule has 0 saturated heterocycles. The Bertz CT molecular complexity index is 2860. The van der Waals surface area contributed by atoms with Gasteiger partial charge in [-0.05, 0) is 107 Å². The molecule has 21 nitrogen and oxygen atoms in total. The van der Waals surface area contributed by atoms with E-state index >= 15 is 0 Å². The number of carbonyl (C=O) groups is 1. The first-order valence-corrected chi connectivity index (χ1v) is 28.1. The molecule has 0 saturated carbocycles. The minimum Gasteiger partial charge on any atom is -0.388 e. The van der Waals surface area contributed by atoms with Gasteiger partial charge in [0.25, 0.3) is 0 Å². The number of rotatable bonds is 12. The van der Waals surface area contributed by atoms with E-state index in [1.165, 1.54) is 62.3 Å². The summed E-state index contributed by atoms with van der Waals surface area (Å²) in [5, 5.41) is 15.5. The Morgan fingerprint density at radius 3 is 1.36 bits per heavy atom. The van der Waals surface area contributed by atoms with Gasteiger partial charge in [0.15, 0.2) is 54.4 Å². The molecule has 0 spiro atoms. The largest absolute Gasteiger partial charge is 0.388 e. The molecule has 0 aliphatic heterocycles. The van der Waals surface area contributed by atoms with E-state index in [1.54, 1.807) is 128 Å². The Balaban J connectivity index is 0.000000414. The Kier molecular flexibility index (Phi) is 21.2. The van der Waals surface area contributed by atoms with Crippen LogP contribution in [0, 0.1) is 13.8 Å². The Morgan fingerprint density at radius 1 is 0.561 bits per heavy atom. The number of nitrogens with zero attached hydrogens (tertiary/aromatic N) is 9. The molecule has 5 heterocycles. The van der Waals surface area contributed by atoms with Crippen LogP contribution < -0.4 is 0 Å². The van der Waals surface area contributed by atoms with Crippen molar-refractivity contribution in [1.29, 1.82) is 0 Å². The highest BCUT2D eigenvalue weighted by atomic mass is 32.2. The topological polar surface area (TPSA) is 284 Å². The third-order valence-electron chi connectivity index (χ3n) is 9.72. The molecule has 0 unspecified atom stereocenters. The van der Waals surface area contributed by atoms with E-state index in [-0.39, 0.29) is 20.9 Å². The van der Waals surface area contributed by atoms with E-state index in [4.69, 9.17) is 5.11 Å². The zero-order valence-electron chi connectivity index (χ0n) is 40.7. The predicted molar refractivity (Wildman–Crippen MR) is 251 cm³/mol. The summed E-state index contributed by atoms with van der Waals surface area (Å²) in [6.45, 7) is 19.3. The second-order valence-corrected chi connectivity index (χ2v) is 28.4. The molecule has 66 heavy (non-hydrogen) atoms. The monoisotopic (exact) mass is 1030 g/mol. The number of aliphatic hydroxyl groups excluding tert-OH is 1. The van der Waals surface area contributed by atoms with Crippen LogP contribution in [0.15, 0.2) is 74.3 Å². The van der Waals surface area contributed by atoms with E-state index in [0.29, 0.717) is 15.9 Å². The number of sulfone groups is 5. The maximum Gasteiger partial charge on any atom is 0.227 e. The van der Waals surface area contributed by atoms with E-state index < -0.39 is 87.8 Å². The molecule has 5 rings (SSSR count). The van der Waals surface area contributed by atoms with Crippen molar-refractivity contribution < 1.29 is 52.0 Å². The quantitative estimate of drug-likeness (QED) is 0.175. The molecule has 0 fully saturated rings. The normalized spacial score (nSPS) is 12.3. The lowest BCUT2D eigenvalue weighted by Gasteiger charge is -2.09. The van der Waals surface area contributed by atoms with Crippen LogP contribution in [0.3, 0.4) is 0 Å². The summed E-state index contributed by atoms with van der Waals surface area (Å²) in [6.07, 6.45) is 5.99. The Hall–Kier alpha value is -4.50. The number of ketones is 1. The van der Waals surface area contributed by atoms with Crippen molar-refractivity contribution >= 4 is 55.0 Å². The second kappa shape index (κ2) is 23.5. The fraction of sp³-hybridized carbons (Fsp3) is 0.575. The van der Waals surface area contributed by atoms with Crippen LogP contribution in [0.5, 0.6) is 0 Å². The van der Waals surface area contributed by atoms with Gasteiger partial charge in [0, 0.05) is 47.6 Å². The van der Waals surface area contributed by atoms with Crippen molar-refractivity contribution in [1.82, 2.24) is 43.2 Å². The lowest BCUT2D eigenvalue weighted by molar-refractivity contribution is 0.0894. The van der Waals surface area contributed by atoms with Gasteiger partial charge >= 0.3 is 0 Å². The van der Waals surface area contributed by atoms with Crippen molar-refractivity contribution in [2.24, 2.45) is 35.2 Å². The minimum absolute atomic E-state index is 0.0966. The predicted octanol–water partition coefficient (Wildman–Crippen LogP) is 3.41. The van der Waals surface area contributed by atoms with Gasteiger partial charge in [-0.3, -0.25) is 14.2 Å². The molecule has 0 radical (unpaired) electrons. The molecule has 0 aliphatic rings. The number of aromatic nitrogens is 9. The summed E-state index contributed by atoms with van der Waals surface area (Å²) >= 11 is 0. The van der Waals surface area contributed by atoms with Crippen molar-refractivity contribution in [2.75, 3.05) is 6.61 Å². The number of carbonyl (C=O) groups excluding carboxylic acids is 1. The van der Waals surface area contributed by atoms with Crippen LogP contribution in [0.25, 0.3) is 0 Å². The van der Waals surface area contributed by atoms with Crippen molar-refractivity contribution in [3.05, 3.63) is 66.3 Å². The molecule has 0 atom stereocenters. The standard InChI is InChI=1S/C10H15NO4S.2C8H14N2O2S.2C7H12N2O2S/c1-7(2)16(14,15)10-5-4-8(11(10)3)9(13)6-12;1-6(2)13(11,12)8-5-9-7(3)10(8)4;1-6(2)13(11,12)8-5-7(3)9-10(8)4;1-6(2)12(10,11)7-8-4-5-9(7)3;1-6(2)12(10,11)7-4-5-8-9(7)3/h4-5,7,12H,6H2,1-3H3;2*5-6H,1-4H3;2*4-6H,1-3H3. The first-order valence-electron chi connectivity index (χ1n) is 20.4. The van der Waals surface area contributed by atoms with Gasteiger partial charge in [-0.15, -0.1) is 0 Å². The van der Waals surface area contributed by atoms with Gasteiger partial charge in [-0.25, -0.2) is 52.1 Å². The van der Waals surface area contributed by atoms with Crippen LogP contribution >= 0.6 is 0 Å². The third kappa shape index (κ3) is 14.3.